The predicted molar refractivity (Wildman–Crippen MR) is 65.4 cm³/mol. The van der Waals surface area contributed by atoms with Gasteiger partial charge in [0.05, 0.1) is 5.54 Å². The van der Waals surface area contributed by atoms with Crippen LogP contribution in [0.4, 0.5) is 5.69 Å². The third-order valence-corrected chi connectivity index (χ3v) is 3.33. The molecule has 1 aliphatic carbocycles. The number of benzene rings is 1. The average Bonchev–Trinajstić information content (AvgIpc) is 2.94. The van der Waals surface area contributed by atoms with Gasteiger partial charge in [-0.2, -0.15) is 0 Å². The van der Waals surface area contributed by atoms with Crippen molar-refractivity contribution < 1.29 is 4.79 Å². The second-order valence-electron chi connectivity index (χ2n) is 4.86. The maximum Gasteiger partial charge on any atom is 0.244 e. The molecule has 2 rings (SSSR count). The number of rotatable bonds is 2. The van der Waals surface area contributed by atoms with Gasteiger partial charge in [0.1, 0.15) is 0 Å². The van der Waals surface area contributed by atoms with Gasteiger partial charge in [-0.05, 0) is 56.4 Å². The first-order valence-electron chi connectivity index (χ1n) is 5.60. The molecule has 0 saturated heterocycles. The van der Waals surface area contributed by atoms with Crippen molar-refractivity contribution in [2.24, 2.45) is 5.73 Å². The van der Waals surface area contributed by atoms with Gasteiger partial charge >= 0.3 is 0 Å². The third-order valence-electron chi connectivity index (χ3n) is 3.33. The van der Waals surface area contributed by atoms with Gasteiger partial charge < -0.3 is 11.1 Å². The van der Waals surface area contributed by atoms with Gasteiger partial charge in [0.15, 0.2) is 0 Å². The van der Waals surface area contributed by atoms with Crippen LogP contribution in [0.3, 0.4) is 0 Å². The van der Waals surface area contributed by atoms with E-state index in [1.54, 1.807) is 0 Å². The van der Waals surface area contributed by atoms with Crippen LogP contribution in [0.2, 0.25) is 0 Å². The van der Waals surface area contributed by atoms with Crippen LogP contribution in [0.15, 0.2) is 12.1 Å². The van der Waals surface area contributed by atoms with Crippen molar-refractivity contribution >= 4 is 11.6 Å². The quantitative estimate of drug-likeness (QED) is 0.798. The number of carbonyl (C=O) groups excluding carboxylic acids is 1. The first kappa shape index (κ1) is 11.1. The van der Waals surface area contributed by atoms with Crippen LogP contribution in [-0.4, -0.2) is 11.4 Å². The molecular weight excluding hydrogens is 200 g/mol. The third kappa shape index (κ3) is 1.95. The van der Waals surface area contributed by atoms with E-state index in [-0.39, 0.29) is 5.91 Å². The molecule has 3 N–H and O–H groups in total. The Labute approximate surface area is 96.0 Å². The minimum Gasteiger partial charge on any atom is -0.324 e. The lowest BCUT2D eigenvalue weighted by atomic mass is 10.0. The first-order valence-corrected chi connectivity index (χ1v) is 5.60. The number of hydrogen-bond acceptors (Lipinski definition) is 2. The highest BCUT2D eigenvalue weighted by Crippen LogP contribution is 2.33. The highest BCUT2D eigenvalue weighted by atomic mass is 16.2. The van der Waals surface area contributed by atoms with Crippen LogP contribution in [-0.2, 0) is 4.79 Å². The lowest BCUT2D eigenvalue weighted by molar-refractivity contribution is -0.118. The fourth-order valence-electron chi connectivity index (χ4n) is 1.70. The summed E-state index contributed by atoms with van der Waals surface area (Å²) in [6.07, 6.45) is 1.59. The van der Waals surface area contributed by atoms with E-state index in [1.165, 1.54) is 11.1 Å². The van der Waals surface area contributed by atoms with E-state index in [0.29, 0.717) is 0 Å². The molecule has 1 aromatic carbocycles. The molecule has 0 unspecified atom stereocenters. The molecule has 0 radical (unpaired) electrons. The highest BCUT2D eigenvalue weighted by Gasteiger charge is 2.46. The van der Waals surface area contributed by atoms with Gasteiger partial charge in [0.2, 0.25) is 5.91 Å². The topological polar surface area (TPSA) is 55.1 Å². The van der Waals surface area contributed by atoms with Crippen LogP contribution in [0, 0.1) is 20.8 Å². The van der Waals surface area contributed by atoms with Gasteiger partial charge in [-0.3, -0.25) is 4.79 Å². The molecule has 0 heterocycles. The lowest BCUT2D eigenvalue weighted by Gasteiger charge is -2.14. The minimum absolute atomic E-state index is 0.0566. The molecule has 3 heteroatoms. The average molecular weight is 218 g/mol. The van der Waals surface area contributed by atoms with Crippen molar-refractivity contribution in [1.29, 1.82) is 0 Å². The normalized spacial score (nSPS) is 17.0. The Kier molecular flexibility index (Phi) is 2.50. The Morgan fingerprint density at radius 1 is 1.19 bits per heavy atom. The Balaban J connectivity index is 2.21. The van der Waals surface area contributed by atoms with Gasteiger partial charge in [-0.15, -0.1) is 0 Å². The number of hydrogen-bond donors (Lipinski definition) is 2. The summed E-state index contributed by atoms with van der Waals surface area (Å²) in [5, 5.41) is 2.92. The van der Waals surface area contributed by atoms with E-state index in [9.17, 15) is 4.79 Å². The molecule has 0 bridgehead atoms. The van der Waals surface area contributed by atoms with Gasteiger partial charge in [-0.1, -0.05) is 6.07 Å². The zero-order valence-electron chi connectivity index (χ0n) is 10.1. The fourth-order valence-corrected chi connectivity index (χ4v) is 1.70. The molecular formula is C13H18N2O. The van der Waals surface area contributed by atoms with E-state index in [1.807, 2.05) is 19.9 Å². The molecule has 1 aliphatic rings. The summed E-state index contributed by atoms with van der Waals surface area (Å²) in [5.41, 5.74) is 9.62. The smallest absolute Gasteiger partial charge is 0.244 e. The maximum atomic E-state index is 11.8. The largest absolute Gasteiger partial charge is 0.324 e. The van der Waals surface area contributed by atoms with Crippen molar-refractivity contribution in [3.63, 3.8) is 0 Å². The number of nitrogens with one attached hydrogen (secondary N) is 1. The van der Waals surface area contributed by atoms with Gasteiger partial charge in [0.25, 0.3) is 0 Å². The number of anilines is 1. The van der Waals surface area contributed by atoms with E-state index >= 15 is 0 Å². The van der Waals surface area contributed by atoms with E-state index in [4.69, 9.17) is 5.73 Å². The fraction of sp³-hybridized carbons (Fsp3) is 0.462. The highest BCUT2D eigenvalue weighted by molar-refractivity contribution is 6.00. The van der Waals surface area contributed by atoms with Crippen LogP contribution in [0.25, 0.3) is 0 Å². The van der Waals surface area contributed by atoms with Crippen LogP contribution in [0.5, 0.6) is 0 Å². The number of amides is 1. The standard InChI is InChI=1S/C13H18N2O/c1-8-6-10(3)11(7-9(8)2)15-12(16)13(14)4-5-13/h6-7H,4-5,14H2,1-3H3,(H,15,16). The summed E-state index contributed by atoms with van der Waals surface area (Å²) in [4.78, 5) is 11.8. The molecule has 0 atom stereocenters. The molecule has 0 aromatic heterocycles. The van der Waals surface area contributed by atoms with Crippen LogP contribution < -0.4 is 11.1 Å². The summed E-state index contributed by atoms with van der Waals surface area (Å²) < 4.78 is 0. The molecule has 16 heavy (non-hydrogen) atoms. The summed E-state index contributed by atoms with van der Waals surface area (Å²) in [5.74, 6) is -0.0566. The number of aryl methyl sites for hydroxylation is 3. The van der Waals surface area contributed by atoms with Crippen LogP contribution >= 0.6 is 0 Å². The number of nitrogens with two attached hydrogens (primary N) is 1. The zero-order valence-corrected chi connectivity index (χ0v) is 10.1. The second-order valence-corrected chi connectivity index (χ2v) is 4.86. The maximum absolute atomic E-state index is 11.8. The van der Waals surface area contributed by atoms with Crippen molar-refractivity contribution in [1.82, 2.24) is 0 Å². The Hall–Kier alpha value is -1.35. The molecule has 0 spiro atoms. The zero-order chi connectivity index (χ0) is 11.9. The number of carbonyl (C=O) groups is 1. The summed E-state index contributed by atoms with van der Waals surface area (Å²) in [6.45, 7) is 6.11. The molecule has 1 aromatic rings. The Morgan fingerprint density at radius 2 is 1.75 bits per heavy atom. The molecule has 3 nitrogen and oxygen atoms in total. The minimum atomic E-state index is -0.606. The summed E-state index contributed by atoms with van der Waals surface area (Å²) in [6, 6.07) is 4.09. The molecule has 1 saturated carbocycles. The van der Waals surface area contributed by atoms with E-state index in [0.717, 1.165) is 24.1 Å². The SMILES string of the molecule is Cc1cc(C)c(NC(=O)C2(N)CC2)cc1C. The van der Waals surface area contributed by atoms with Crippen molar-refractivity contribution in [2.45, 2.75) is 39.2 Å². The van der Waals surface area contributed by atoms with Crippen molar-refractivity contribution in [2.75, 3.05) is 5.32 Å². The van der Waals surface area contributed by atoms with Crippen molar-refractivity contribution in [3.05, 3.63) is 28.8 Å². The molecule has 1 amide bonds. The molecule has 0 aliphatic heterocycles. The van der Waals surface area contributed by atoms with Crippen LogP contribution in [0.1, 0.15) is 29.5 Å². The second kappa shape index (κ2) is 3.59. The molecule has 1 fully saturated rings. The predicted octanol–water partition coefficient (Wildman–Crippen LogP) is 2.04. The van der Waals surface area contributed by atoms with Crippen molar-refractivity contribution in [3.8, 4) is 0 Å². The Morgan fingerprint density at radius 3 is 2.31 bits per heavy atom. The monoisotopic (exact) mass is 218 g/mol. The summed E-state index contributed by atoms with van der Waals surface area (Å²) >= 11 is 0. The van der Waals surface area contributed by atoms with E-state index in [2.05, 4.69) is 18.3 Å². The first-order chi connectivity index (χ1) is 7.42. The summed E-state index contributed by atoms with van der Waals surface area (Å²) in [7, 11) is 0. The van der Waals surface area contributed by atoms with Gasteiger partial charge in [-0.25, -0.2) is 0 Å². The molecule has 86 valence electrons. The van der Waals surface area contributed by atoms with Gasteiger partial charge in [0, 0.05) is 5.69 Å². The Bertz CT molecular complexity index is 447. The van der Waals surface area contributed by atoms with E-state index < -0.39 is 5.54 Å². The lowest BCUT2D eigenvalue weighted by Crippen LogP contribution is -2.38.